The van der Waals surface area contributed by atoms with Crippen LogP contribution in [0.4, 0.5) is 0 Å². The minimum atomic E-state index is -0.448. The zero-order valence-corrected chi connectivity index (χ0v) is 11.4. The Kier molecular flexibility index (Phi) is 3.51. The SMILES string of the molecule is COc1cccc(C=C2N=C(c3ccccc3)OC2=O)c1. The summed E-state index contributed by atoms with van der Waals surface area (Å²) in [5.74, 6) is 0.606. The standard InChI is InChI=1S/C17H13NO3/c1-20-14-9-5-6-12(10-14)11-15-17(19)21-16(18-15)13-7-3-2-4-8-13/h2-11H,1H3. The summed E-state index contributed by atoms with van der Waals surface area (Å²) in [4.78, 5) is 16.1. The Morgan fingerprint density at radius 1 is 1.10 bits per heavy atom. The van der Waals surface area contributed by atoms with E-state index in [2.05, 4.69) is 4.99 Å². The Morgan fingerprint density at radius 2 is 1.90 bits per heavy atom. The van der Waals surface area contributed by atoms with Crippen LogP contribution in [0.2, 0.25) is 0 Å². The van der Waals surface area contributed by atoms with Crippen molar-refractivity contribution in [3.8, 4) is 5.75 Å². The van der Waals surface area contributed by atoms with E-state index in [-0.39, 0.29) is 5.70 Å². The molecule has 4 heteroatoms. The fourth-order valence-electron chi connectivity index (χ4n) is 2.00. The van der Waals surface area contributed by atoms with E-state index in [1.165, 1.54) is 0 Å². The summed E-state index contributed by atoms with van der Waals surface area (Å²) in [6.07, 6.45) is 1.68. The Bertz CT molecular complexity index is 733. The zero-order valence-electron chi connectivity index (χ0n) is 11.4. The van der Waals surface area contributed by atoms with Crippen LogP contribution >= 0.6 is 0 Å². The first-order valence-electron chi connectivity index (χ1n) is 6.48. The van der Waals surface area contributed by atoms with E-state index in [0.717, 1.165) is 16.9 Å². The number of aliphatic imine (C=N–C) groups is 1. The van der Waals surface area contributed by atoms with Crippen molar-refractivity contribution in [3.63, 3.8) is 0 Å². The molecule has 0 N–H and O–H groups in total. The van der Waals surface area contributed by atoms with Crippen molar-refractivity contribution < 1.29 is 14.3 Å². The number of hydrogen-bond acceptors (Lipinski definition) is 4. The van der Waals surface area contributed by atoms with Gasteiger partial charge in [-0.25, -0.2) is 9.79 Å². The molecule has 0 amide bonds. The molecule has 2 aromatic rings. The summed E-state index contributed by atoms with van der Waals surface area (Å²) in [6, 6.07) is 16.7. The summed E-state index contributed by atoms with van der Waals surface area (Å²) in [7, 11) is 1.60. The third kappa shape index (κ3) is 2.84. The lowest BCUT2D eigenvalue weighted by molar-refractivity contribution is -0.129. The number of carbonyl (C=O) groups excluding carboxylic acids is 1. The van der Waals surface area contributed by atoms with Gasteiger partial charge < -0.3 is 9.47 Å². The third-order valence-corrected chi connectivity index (χ3v) is 3.04. The van der Waals surface area contributed by atoms with Crippen molar-refractivity contribution in [1.29, 1.82) is 0 Å². The average molecular weight is 279 g/mol. The van der Waals surface area contributed by atoms with Crippen molar-refractivity contribution in [1.82, 2.24) is 0 Å². The number of ether oxygens (including phenoxy) is 2. The molecule has 0 fully saturated rings. The van der Waals surface area contributed by atoms with E-state index >= 15 is 0 Å². The lowest BCUT2D eigenvalue weighted by atomic mass is 10.2. The molecule has 0 atom stereocenters. The number of methoxy groups -OCH3 is 1. The molecule has 104 valence electrons. The molecule has 1 heterocycles. The molecule has 0 aromatic heterocycles. The van der Waals surface area contributed by atoms with Gasteiger partial charge in [0.05, 0.1) is 7.11 Å². The number of cyclic esters (lactones) is 1. The largest absolute Gasteiger partial charge is 0.497 e. The zero-order chi connectivity index (χ0) is 14.7. The van der Waals surface area contributed by atoms with Crippen LogP contribution < -0.4 is 4.74 Å². The Labute approximate surface area is 122 Å². The van der Waals surface area contributed by atoms with E-state index < -0.39 is 5.97 Å². The number of carbonyl (C=O) groups is 1. The summed E-state index contributed by atoms with van der Waals surface area (Å²) >= 11 is 0. The van der Waals surface area contributed by atoms with Crippen LogP contribution in [0.3, 0.4) is 0 Å². The number of benzene rings is 2. The molecule has 1 aliphatic heterocycles. The summed E-state index contributed by atoms with van der Waals surface area (Å²) in [5.41, 5.74) is 1.89. The first-order chi connectivity index (χ1) is 10.3. The van der Waals surface area contributed by atoms with Gasteiger partial charge in [-0.2, -0.15) is 0 Å². The molecule has 2 aromatic carbocycles. The quantitative estimate of drug-likeness (QED) is 0.641. The van der Waals surface area contributed by atoms with Crippen LogP contribution in [0.25, 0.3) is 6.08 Å². The smallest absolute Gasteiger partial charge is 0.363 e. The molecular formula is C17H13NO3. The van der Waals surface area contributed by atoms with Crippen molar-refractivity contribution in [3.05, 3.63) is 71.4 Å². The molecule has 3 rings (SSSR count). The molecule has 4 nitrogen and oxygen atoms in total. The van der Waals surface area contributed by atoms with Crippen LogP contribution in [0, 0.1) is 0 Å². The minimum absolute atomic E-state index is 0.280. The van der Waals surface area contributed by atoms with Gasteiger partial charge in [-0.15, -0.1) is 0 Å². The van der Waals surface area contributed by atoms with E-state index in [0.29, 0.717) is 5.90 Å². The number of hydrogen-bond donors (Lipinski definition) is 0. The fourth-order valence-corrected chi connectivity index (χ4v) is 2.00. The molecule has 0 radical (unpaired) electrons. The fraction of sp³-hybridized carbons (Fsp3) is 0.0588. The second kappa shape index (κ2) is 5.63. The number of nitrogens with zero attached hydrogens (tertiary/aromatic N) is 1. The first-order valence-corrected chi connectivity index (χ1v) is 6.48. The third-order valence-electron chi connectivity index (χ3n) is 3.04. The average Bonchev–Trinajstić information content (AvgIpc) is 2.89. The van der Waals surface area contributed by atoms with Crippen molar-refractivity contribution in [2.24, 2.45) is 4.99 Å². The van der Waals surface area contributed by atoms with Gasteiger partial charge >= 0.3 is 5.97 Å². The highest BCUT2D eigenvalue weighted by atomic mass is 16.6. The molecule has 1 aliphatic rings. The predicted octanol–water partition coefficient (Wildman–Crippen LogP) is 3.04. The van der Waals surface area contributed by atoms with Crippen LogP contribution in [0.1, 0.15) is 11.1 Å². The maximum Gasteiger partial charge on any atom is 0.363 e. The Balaban J connectivity index is 1.93. The maximum absolute atomic E-state index is 11.9. The number of esters is 1. The van der Waals surface area contributed by atoms with E-state index in [1.54, 1.807) is 13.2 Å². The minimum Gasteiger partial charge on any atom is -0.497 e. The van der Waals surface area contributed by atoms with Crippen LogP contribution in [-0.4, -0.2) is 19.0 Å². The Morgan fingerprint density at radius 3 is 2.67 bits per heavy atom. The van der Waals surface area contributed by atoms with Gasteiger partial charge in [-0.3, -0.25) is 0 Å². The van der Waals surface area contributed by atoms with Gasteiger partial charge in [0.1, 0.15) is 5.75 Å². The molecule has 0 bridgehead atoms. The molecule has 21 heavy (non-hydrogen) atoms. The lowest BCUT2D eigenvalue weighted by Gasteiger charge is -2.00. The summed E-state index contributed by atoms with van der Waals surface area (Å²) in [5, 5.41) is 0. The van der Waals surface area contributed by atoms with E-state index in [1.807, 2.05) is 54.6 Å². The van der Waals surface area contributed by atoms with E-state index in [4.69, 9.17) is 9.47 Å². The molecular weight excluding hydrogens is 266 g/mol. The van der Waals surface area contributed by atoms with Gasteiger partial charge in [0.15, 0.2) is 5.70 Å². The highest BCUT2D eigenvalue weighted by molar-refractivity contribution is 6.12. The predicted molar refractivity (Wildman–Crippen MR) is 80.0 cm³/mol. The molecule has 0 saturated carbocycles. The van der Waals surface area contributed by atoms with Crippen molar-refractivity contribution in [2.45, 2.75) is 0 Å². The molecule has 0 unspecified atom stereocenters. The normalized spacial score (nSPS) is 15.8. The first kappa shape index (κ1) is 13.1. The monoisotopic (exact) mass is 279 g/mol. The second-order valence-corrected chi connectivity index (χ2v) is 4.48. The maximum atomic E-state index is 11.9. The van der Waals surface area contributed by atoms with Gasteiger partial charge in [0.25, 0.3) is 0 Å². The van der Waals surface area contributed by atoms with Crippen LogP contribution in [-0.2, 0) is 9.53 Å². The molecule has 0 saturated heterocycles. The van der Waals surface area contributed by atoms with Crippen molar-refractivity contribution in [2.75, 3.05) is 7.11 Å². The number of rotatable bonds is 3. The lowest BCUT2D eigenvalue weighted by Crippen LogP contribution is -2.04. The van der Waals surface area contributed by atoms with Crippen LogP contribution in [0.5, 0.6) is 5.75 Å². The molecule has 0 spiro atoms. The topological polar surface area (TPSA) is 47.9 Å². The summed E-state index contributed by atoms with van der Waals surface area (Å²) in [6.45, 7) is 0. The van der Waals surface area contributed by atoms with Crippen LogP contribution in [0.15, 0.2) is 65.3 Å². The van der Waals surface area contributed by atoms with Gasteiger partial charge in [-0.1, -0.05) is 30.3 Å². The van der Waals surface area contributed by atoms with Crippen molar-refractivity contribution >= 4 is 17.9 Å². The van der Waals surface area contributed by atoms with Gasteiger partial charge in [0.2, 0.25) is 5.90 Å². The highest BCUT2D eigenvalue weighted by Gasteiger charge is 2.23. The Hall–Kier alpha value is -2.88. The summed E-state index contributed by atoms with van der Waals surface area (Å²) < 4.78 is 10.4. The highest BCUT2D eigenvalue weighted by Crippen LogP contribution is 2.21. The van der Waals surface area contributed by atoms with Gasteiger partial charge in [0, 0.05) is 5.56 Å². The van der Waals surface area contributed by atoms with Gasteiger partial charge in [-0.05, 0) is 35.9 Å². The van der Waals surface area contributed by atoms with E-state index in [9.17, 15) is 4.79 Å². The second-order valence-electron chi connectivity index (χ2n) is 4.48. The molecule has 0 aliphatic carbocycles.